The lowest BCUT2D eigenvalue weighted by Gasteiger charge is -2.35. The summed E-state index contributed by atoms with van der Waals surface area (Å²) < 4.78 is -0.416. The molecule has 2 aliphatic heterocycles. The van der Waals surface area contributed by atoms with E-state index < -0.39 is 4.75 Å². The third kappa shape index (κ3) is 3.94. The fourth-order valence-electron chi connectivity index (χ4n) is 6.93. The monoisotopic (exact) mass is 463 g/mol. The molecule has 174 valence electrons. The summed E-state index contributed by atoms with van der Waals surface area (Å²) in [6.45, 7) is 3.62. The number of hydrogen-bond donors (Lipinski definition) is 1. The first-order chi connectivity index (χ1) is 16.0. The first kappa shape index (κ1) is 21.5. The Balaban J connectivity index is 1.04. The van der Waals surface area contributed by atoms with Gasteiger partial charge in [-0.3, -0.25) is 9.59 Å². The number of benzene rings is 1. The Morgan fingerprint density at radius 3 is 2.76 bits per heavy atom. The molecule has 0 spiro atoms. The Hall–Kier alpha value is -2.08. The van der Waals surface area contributed by atoms with Crippen molar-refractivity contribution in [2.75, 3.05) is 13.1 Å². The van der Waals surface area contributed by atoms with Crippen molar-refractivity contribution in [3.8, 4) is 0 Å². The summed E-state index contributed by atoms with van der Waals surface area (Å²) in [6, 6.07) is 7.96. The fraction of sp³-hybridized carbons (Fsp3) is 0.593. The number of nitrogens with zero attached hydrogens (tertiary/aromatic N) is 2. The molecular formula is C27H33N3O2S. The third-order valence-corrected chi connectivity index (χ3v) is 10.0. The highest BCUT2D eigenvalue weighted by Gasteiger charge is 2.46. The van der Waals surface area contributed by atoms with E-state index in [2.05, 4.69) is 16.9 Å². The molecule has 5 nitrogen and oxygen atoms in total. The second kappa shape index (κ2) is 8.30. The van der Waals surface area contributed by atoms with Crippen molar-refractivity contribution in [2.24, 2.45) is 28.7 Å². The van der Waals surface area contributed by atoms with Gasteiger partial charge >= 0.3 is 0 Å². The Bertz CT molecular complexity index is 1120. The predicted octanol–water partition coefficient (Wildman–Crippen LogP) is 5.67. The zero-order valence-corrected chi connectivity index (χ0v) is 20.2. The van der Waals surface area contributed by atoms with E-state index in [9.17, 15) is 9.59 Å². The molecule has 2 aliphatic carbocycles. The van der Waals surface area contributed by atoms with Crippen LogP contribution in [0.1, 0.15) is 68.6 Å². The number of hydrogen-bond acceptors (Lipinski definition) is 3. The first-order valence-corrected chi connectivity index (χ1v) is 13.5. The van der Waals surface area contributed by atoms with Crippen molar-refractivity contribution in [3.63, 3.8) is 0 Å². The summed E-state index contributed by atoms with van der Waals surface area (Å²) in [4.78, 5) is 35.7. The van der Waals surface area contributed by atoms with Crippen LogP contribution in [-0.2, 0) is 4.79 Å². The van der Waals surface area contributed by atoms with Crippen LogP contribution in [0.3, 0.4) is 0 Å². The molecule has 2 saturated carbocycles. The van der Waals surface area contributed by atoms with Gasteiger partial charge in [0.05, 0.1) is 10.6 Å². The number of rotatable bonds is 5. The van der Waals surface area contributed by atoms with Crippen LogP contribution >= 0.6 is 11.8 Å². The maximum absolute atomic E-state index is 13.1. The minimum atomic E-state index is -0.416. The molecule has 4 atom stereocenters. The molecule has 6 heteroatoms. The topological polar surface area (TPSA) is 65.5 Å². The summed E-state index contributed by atoms with van der Waals surface area (Å²) in [5, 5.41) is 2.08. The van der Waals surface area contributed by atoms with Crippen molar-refractivity contribution >= 4 is 39.5 Å². The molecule has 2 aromatic rings. The van der Waals surface area contributed by atoms with Crippen molar-refractivity contribution in [3.05, 3.63) is 36.0 Å². The Kier molecular flexibility index (Phi) is 5.39. The van der Waals surface area contributed by atoms with Crippen LogP contribution in [0.4, 0.5) is 0 Å². The van der Waals surface area contributed by atoms with Gasteiger partial charge < -0.3 is 9.88 Å². The highest BCUT2D eigenvalue weighted by molar-refractivity contribution is 8.16. The van der Waals surface area contributed by atoms with Gasteiger partial charge in [0.2, 0.25) is 0 Å². The van der Waals surface area contributed by atoms with Gasteiger partial charge in [0.15, 0.2) is 0 Å². The summed E-state index contributed by atoms with van der Waals surface area (Å²) in [5.41, 5.74) is 1.76. The number of carbonyl (C=O) groups excluding carboxylic acids is 2. The average Bonchev–Trinajstić information content (AvgIpc) is 3.58. The molecule has 1 saturated heterocycles. The molecule has 0 radical (unpaired) electrons. The molecule has 2 amide bonds. The number of fused-ring (bicyclic) bond motifs is 3. The highest BCUT2D eigenvalue weighted by Crippen LogP contribution is 2.51. The maximum Gasteiger partial charge on any atom is 0.262 e. The number of nitrogens with one attached hydrogen (secondary N) is 1. The van der Waals surface area contributed by atoms with Crippen molar-refractivity contribution < 1.29 is 9.59 Å². The number of H-pyrrole nitrogens is 1. The van der Waals surface area contributed by atoms with Gasteiger partial charge in [0.1, 0.15) is 4.75 Å². The largest absolute Gasteiger partial charge is 0.360 e. The van der Waals surface area contributed by atoms with Gasteiger partial charge in [-0.05, 0) is 81.6 Å². The number of aromatic nitrogens is 1. The molecule has 1 unspecified atom stereocenters. The Labute approximate surface area is 199 Å². The van der Waals surface area contributed by atoms with Gasteiger partial charge in [0.25, 0.3) is 11.8 Å². The lowest BCUT2D eigenvalue weighted by molar-refractivity contribution is -0.119. The minimum absolute atomic E-state index is 0.0722. The van der Waals surface area contributed by atoms with Crippen LogP contribution in [0.2, 0.25) is 0 Å². The predicted molar refractivity (Wildman–Crippen MR) is 134 cm³/mol. The highest BCUT2D eigenvalue weighted by atomic mass is 32.2. The molecule has 2 bridgehead atoms. The normalized spacial score (nSPS) is 32.2. The number of likely N-dealkylation sites (tertiary alicyclic amines) is 1. The molecule has 1 N–H and O–H groups in total. The number of aliphatic imine (C=N–C) groups is 1. The van der Waals surface area contributed by atoms with Crippen LogP contribution in [0, 0.1) is 23.7 Å². The Morgan fingerprint density at radius 2 is 2.00 bits per heavy atom. The van der Waals surface area contributed by atoms with Crippen LogP contribution < -0.4 is 0 Å². The third-order valence-electron chi connectivity index (χ3n) is 8.74. The summed E-state index contributed by atoms with van der Waals surface area (Å²) in [7, 11) is 0. The molecule has 1 aromatic carbocycles. The SMILES string of the molecule is CC1(CC2CCN(C(=O)c3c[nH]c4ccccc34)CC2)SC(C[C@H]2C[C@@H]3CC[C@H]2C3)=NC1=O. The van der Waals surface area contributed by atoms with Gasteiger partial charge in [-0.1, -0.05) is 36.4 Å². The smallest absolute Gasteiger partial charge is 0.262 e. The molecule has 3 fully saturated rings. The maximum atomic E-state index is 13.1. The number of piperidine rings is 1. The van der Waals surface area contributed by atoms with Crippen LogP contribution in [0.5, 0.6) is 0 Å². The van der Waals surface area contributed by atoms with E-state index in [1.807, 2.05) is 35.4 Å². The van der Waals surface area contributed by atoms with Crippen LogP contribution in [0.25, 0.3) is 10.9 Å². The van der Waals surface area contributed by atoms with Crippen LogP contribution in [-0.4, -0.2) is 44.6 Å². The van der Waals surface area contributed by atoms with Crippen molar-refractivity contribution in [2.45, 2.75) is 63.0 Å². The van der Waals surface area contributed by atoms with Gasteiger partial charge in [0, 0.05) is 30.2 Å². The van der Waals surface area contributed by atoms with Crippen molar-refractivity contribution in [1.29, 1.82) is 0 Å². The number of carbonyl (C=O) groups is 2. The lowest BCUT2D eigenvalue weighted by Crippen LogP contribution is -2.40. The number of para-hydroxylation sites is 1. The molecular weight excluding hydrogens is 430 g/mol. The van der Waals surface area contributed by atoms with E-state index in [0.717, 1.165) is 78.0 Å². The lowest BCUT2D eigenvalue weighted by atomic mass is 9.86. The first-order valence-electron chi connectivity index (χ1n) is 12.6. The Morgan fingerprint density at radius 1 is 1.18 bits per heavy atom. The zero-order valence-electron chi connectivity index (χ0n) is 19.4. The second-order valence-corrected chi connectivity index (χ2v) is 12.5. The number of aromatic amines is 1. The minimum Gasteiger partial charge on any atom is -0.360 e. The van der Waals surface area contributed by atoms with Gasteiger partial charge in [-0.2, -0.15) is 0 Å². The van der Waals surface area contributed by atoms with Crippen LogP contribution in [0.15, 0.2) is 35.5 Å². The quantitative estimate of drug-likeness (QED) is 0.622. The van der Waals surface area contributed by atoms with E-state index in [1.54, 1.807) is 11.8 Å². The van der Waals surface area contributed by atoms with E-state index in [4.69, 9.17) is 0 Å². The molecule has 33 heavy (non-hydrogen) atoms. The zero-order chi connectivity index (χ0) is 22.6. The van der Waals surface area contributed by atoms with E-state index in [-0.39, 0.29) is 11.8 Å². The summed E-state index contributed by atoms with van der Waals surface area (Å²) in [6.07, 6.45) is 11.2. The molecule has 3 heterocycles. The van der Waals surface area contributed by atoms with E-state index >= 15 is 0 Å². The summed E-state index contributed by atoms with van der Waals surface area (Å²) >= 11 is 1.75. The summed E-state index contributed by atoms with van der Waals surface area (Å²) in [5.74, 6) is 3.22. The average molecular weight is 464 g/mol. The van der Waals surface area contributed by atoms with Gasteiger partial charge in [-0.15, -0.1) is 0 Å². The van der Waals surface area contributed by atoms with E-state index in [0.29, 0.717) is 5.92 Å². The fourth-order valence-corrected chi connectivity index (χ4v) is 8.33. The number of thioether (sulfide) groups is 1. The standard InChI is InChI=1S/C27H33N3O2S/c1-27(26(32)29-24(33-27)14-20-13-18-6-7-19(20)12-18)15-17-8-10-30(11-9-17)25(31)22-16-28-23-5-3-2-4-21(22)23/h2-5,16-20,28H,6-15H2,1H3/t18-,19+,20-,27?/m1/s1. The second-order valence-electron chi connectivity index (χ2n) is 11.0. The van der Waals surface area contributed by atoms with Crippen molar-refractivity contribution in [1.82, 2.24) is 9.88 Å². The van der Waals surface area contributed by atoms with Gasteiger partial charge in [-0.25, -0.2) is 4.99 Å². The molecule has 4 aliphatic rings. The molecule has 1 aromatic heterocycles. The molecule has 6 rings (SSSR count). The number of amides is 2. The van der Waals surface area contributed by atoms with E-state index in [1.165, 1.54) is 25.7 Å².